The van der Waals surface area contributed by atoms with E-state index in [1.165, 1.54) is 0 Å². The third-order valence-electron chi connectivity index (χ3n) is 6.68. The van der Waals surface area contributed by atoms with Crippen molar-refractivity contribution in [1.82, 2.24) is 0 Å². The number of carbonyl (C=O) groups excluding carboxylic acids is 1. The summed E-state index contributed by atoms with van der Waals surface area (Å²) in [7, 11) is 0. The molecule has 0 radical (unpaired) electrons. The summed E-state index contributed by atoms with van der Waals surface area (Å²) in [5, 5.41) is 1.90. The van der Waals surface area contributed by atoms with Gasteiger partial charge in [-0.3, -0.25) is 0 Å². The Kier molecular flexibility index (Phi) is 6.79. The molecule has 39 heavy (non-hydrogen) atoms. The van der Waals surface area contributed by atoms with Gasteiger partial charge in [0, 0.05) is 0 Å². The van der Waals surface area contributed by atoms with Gasteiger partial charge in [-0.25, -0.2) is 0 Å². The van der Waals surface area contributed by atoms with E-state index < -0.39 is 47.4 Å². The topological polar surface area (TPSA) is 26.3 Å². The van der Waals surface area contributed by atoms with Crippen LogP contribution in [0.25, 0.3) is 0 Å². The van der Waals surface area contributed by atoms with Crippen LogP contribution < -0.4 is 21.2 Å². The Balaban J connectivity index is 1.98. The molecule has 5 aromatic rings. The van der Waals surface area contributed by atoms with E-state index in [0.717, 1.165) is 0 Å². The zero-order valence-electron chi connectivity index (χ0n) is 20.2. The molecule has 0 bridgehead atoms. The first-order chi connectivity index (χ1) is 18.8. The number of carbonyl (C=O) groups is 1. The SMILES string of the molecule is O=C(OP(c1ccccc1)(c1ccccc1)(c1ccccc1)c1ccccc1)c1c(F)c(F)c(F)c(F)c1F. The van der Waals surface area contributed by atoms with Crippen molar-refractivity contribution in [1.29, 1.82) is 0 Å². The van der Waals surface area contributed by atoms with Crippen molar-refractivity contribution in [3.8, 4) is 0 Å². The van der Waals surface area contributed by atoms with Crippen LogP contribution in [0.5, 0.6) is 0 Å². The van der Waals surface area contributed by atoms with Crippen LogP contribution in [0.15, 0.2) is 121 Å². The Labute approximate surface area is 221 Å². The molecule has 8 heteroatoms. The van der Waals surface area contributed by atoms with Crippen LogP contribution in [0.2, 0.25) is 0 Å². The molecule has 0 fully saturated rings. The van der Waals surface area contributed by atoms with Crippen molar-refractivity contribution in [2.24, 2.45) is 0 Å². The Morgan fingerprint density at radius 1 is 0.436 bits per heavy atom. The second-order valence-corrected chi connectivity index (χ2v) is 13.0. The zero-order valence-corrected chi connectivity index (χ0v) is 21.1. The minimum atomic E-state index is -4.75. The fourth-order valence-corrected chi connectivity index (χ4v) is 10.5. The second kappa shape index (κ2) is 10.1. The zero-order chi connectivity index (χ0) is 27.6. The molecular weight excluding hydrogens is 530 g/mol. The molecule has 0 N–H and O–H groups in total. The summed E-state index contributed by atoms with van der Waals surface area (Å²) in [6, 6.07) is 34.5. The maximum atomic E-state index is 15.0. The summed E-state index contributed by atoms with van der Waals surface area (Å²) in [6.07, 6.45) is 0. The van der Waals surface area contributed by atoms with Crippen LogP contribution in [0.1, 0.15) is 10.4 Å². The van der Waals surface area contributed by atoms with E-state index in [0.29, 0.717) is 21.2 Å². The van der Waals surface area contributed by atoms with Crippen LogP contribution in [-0.4, -0.2) is 5.97 Å². The predicted molar refractivity (Wildman–Crippen MR) is 143 cm³/mol. The van der Waals surface area contributed by atoms with Crippen LogP contribution in [0, 0.1) is 29.1 Å². The fourth-order valence-electron chi connectivity index (χ4n) is 4.95. The van der Waals surface area contributed by atoms with E-state index in [4.69, 9.17) is 4.52 Å². The van der Waals surface area contributed by atoms with Crippen molar-refractivity contribution >= 4 is 34.0 Å². The van der Waals surface area contributed by atoms with E-state index in [2.05, 4.69) is 0 Å². The number of rotatable bonds is 6. The average Bonchev–Trinajstić information content (AvgIpc) is 3.00. The van der Waals surface area contributed by atoms with Gasteiger partial charge in [0.05, 0.1) is 0 Å². The maximum absolute atomic E-state index is 15.0. The van der Waals surface area contributed by atoms with Gasteiger partial charge >= 0.3 is 221 Å². The summed E-state index contributed by atoms with van der Waals surface area (Å²) in [5.41, 5.74) is -1.67. The third kappa shape index (κ3) is 3.84. The van der Waals surface area contributed by atoms with Crippen LogP contribution in [-0.2, 0) is 4.52 Å². The van der Waals surface area contributed by atoms with Crippen LogP contribution in [0.4, 0.5) is 22.0 Å². The van der Waals surface area contributed by atoms with Crippen molar-refractivity contribution in [2.75, 3.05) is 0 Å². The molecule has 0 aromatic heterocycles. The van der Waals surface area contributed by atoms with Crippen molar-refractivity contribution in [3.05, 3.63) is 156 Å². The number of hydrogen-bond acceptors (Lipinski definition) is 2. The molecule has 0 aliphatic carbocycles. The van der Waals surface area contributed by atoms with E-state index in [1.807, 2.05) is 0 Å². The Morgan fingerprint density at radius 3 is 0.974 bits per heavy atom. The van der Waals surface area contributed by atoms with Gasteiger partial charge in [0.25, 0.3) is 0 Å². The number of halogens is 5. The number of hydrogen-bond donors (Lipinski definition) is 0. The molecule has 0 aliphatic rings. The number of benzene rings is 5. The molecule has 0 saturated heterocycles. The summed E-state index contributed by atoms with van der Waals surface area (Å²) < 4.78 is 78.6. The molecule has 0 heterocycles. The molecule has 196 valence electrons. The first-order valence-corrected chi connectivity index (χ1v) is 14.0. The predicted octanol–water partition coefficient (Wildman–Crippen LogP) is 6.31. The van der Waals surface area contributed by atoms with Gasteiger partial charge in [-0.15, -0.1) is 0 Å². The average molecular weight is 550 g/mol. The summed E-state index contributed by atoms with van der Waals surface area (Å²) in [5.74, 6) is -13.1. The Hall–Kier alpha value is -4.35. The monoisotopic (exact) mass is 550 g/mol. The quantitative estimate of drug-likeness (QED) is 0.107. The fraction of sp³-hybridized carbons (Fsp3) is 0. The van der Waals surface area contributed by atoms with Crippen LogP contribution >= 0.6 is 6.83 Å². The minimum absolute atomic E-state index is 0.476. The molecule has 0 spiro atoms. The van der Waals surface area contributed by atoms with Gasteiger partial charge in [0.15, 0.2) is 0 Å². The van der Waals surface area contributed by atoms with Gasteiger partial charge in [-0.1, -0.05) is 0 Å². The molecule has 5 rings (SSSR count). The molecule has 0 saturated carbocycles. The normalized spacial score (nSPS) is 12.4. The standard InChI is InChI=1S/C31H20F5O2P/c32-26-25(27(33)29(35)30(36)28(26)34)31(37)38-39(21-13-5-1-6-14-21,22-15-7-2-8-16-22,23-17-9-3-10-18-23)24-19-11-4-12-20-24/h1-20H. The Bertz CT molecular complexity index is 1450. The molecule has 0 unspecified atom stereocenters. The Morgan fingerprint density at radius 2 is 0.692 bits per heavy atom. The molecule has 0 atom stereocenters. The molecule has 0 amide bonds. The second-order valence-electron chi connectivity index (χ2n) is 8.70. The first-order valence-electron chi connectivity index (χ1n) is 11.8. The van der Waals surface area contributed by atoms with Gasteiger partial charge < -0.3 is 0 Å². The van der Waals surface area contributed by atoms with Crippen molar-refractivity contribution in [3.63, 3.8) is 0 Å². The molecular formula is C31H20F5O2P. The van der Waals surface area contributed by atoms with Gasteiger partial charge in [0.1, 0.15) is 0 Å². The molecule has 2 nitrogen and oxygen atoms in total. The van der Waals surface area contributed by atoms with Crippen molar-refractivity contribution in [2.45, 2.75) is 0 Å². The summed E-state index contributed by atoms with van der Waals surface area (Å²) in [6.45, 7) is -4.75. The van der Waals surface area contributed by atoms with Crippen LogP contribution in [0.3, 0.4) is 0 Å². The third-order valence-corrected chi connectivity index (χ3v) is 12.3. The van der Waals surface area contributed by atoms with E-state index in [1.54, 1.807) is 121 Å². The van der Waals surface area contributed by atoms with E-state index >= 15 is 0 Å². The summed E-state index contributed by atoms with van der Waals surface area (Å²) in [4.78, 5) is 13.9. The summed E-state index contributed by atoms with van der Waals surface area (Å²) >= 11 is 0. The first kappa shape index (κ1) is 26.3. The van der Waals surface area contributed by atoms with E-state index in [-0.39, 0.29) is 0 Å². The van der Waals surface area contributed by atoms with Gasteiger partial charge in [0.2, 0.25) is 0 Å². The van der Waals surface area contributed by atoms with Crippen molar-refractivity contribution < 1.29 is 31.3 Å². The molecule has 0 aliphatic heterocycles. The van der Waals surface area contributed by atoms with Gasteiger partial charge in [-0.05, 0) is 0 Å². The van der Waals surface area contributed by atoms with E-state index in [9.17, 15) is 26.7 Å². The molecule has 5 aromatic carbocycles. The van der Waals surface area contributed by atoms with Gasteiger partial charge in [-0.2, -0.15) is 0 Å².